The summed E-state index contributed by atoms with van der Waals surface area (Å²) in [5.74, 6) is -0.332. The Hall–Kier alpha value is -0.910. The molecule has 1 aromatic rings. The van der Waals surface area contributed by atoms with Gasteiger partial charge in [0.15, 0.2) is 5.41 Å². The second-order valence-electron chi connectivity index (χ2n) is 5.71. The first kappa shape index (κ1) is 14.5. The third kappa shape index (κ3) is 2.68. The molecule has 2 unspecified atom stereocenters. The van der Waals surface area contributed by atoms with Gasteiger partial charge in [0.1, 0.15) is 11.8 Å². The average Bonchev–Trinajstić information content (AvgIpc) is 2.28. The van der Waals surface area contributed by atoms with E-state index >= 15 is 0 Å². The third-order valence-electron chi connectivity index (χ3n) is 3.10. The summed E-state index contributed by atoms with van der Waals surface area (Å²) in [4.78, 5) is 12.5. The molecule has 104 valence electrons. The highest BCUT2D eigenvalue weighted by molar-refractivity contribution is 9.10. The zero-order valence-corrected chi connectivity index (χ0v) is 12.9. The maximum Gasteiger partial charge on any atom is 0.323 e. The van der Waals surface area contributed by atoms with Crippen LogP contribution in [0, 0.1) is 0 Å². The molecule has 0 radical (unpaired) electrons. The Morgan fingerprint density at radius 2 is 2.00 bits per heavy atom. The summed E-state index contributed by atoms with van der Waals surface area (Å²) in [7, 11) is 0. The quantitative estimate of drug-likeness (QED) is 0.847. The van der Waals surface area contributed by atoms with Crippen LogP contribution in [-0.4, -0.2) is 24.4 Å². The van der Waals surface area contributed by atoms with Crippen molar-refractivity contribution < 1.29 is 14.3 Å². The van der Waals surface area contributed by atoms with Gasteiger partial charge in [-0.2, -0.15) is 0 Å². The molecule has 1 aromatic carbocycles. The highest BCUT2D eigenvalue weighted by atomic mass is 79.9. The van der Waals surface area contributed by atoms with E-state index in [0.29, 0.717) is 0 Å². The van der Waals surface area contributed by atoms with E-state index in [2.05, 4.69) is 15.9 Å². The molecule has 4 nitrogen and oxygen atoms in total. The van der Waals surface area contributed by atoms with Crippen molar-refractivity contribution in [3.05, 3.63) is 34.3 Å². The van der Waals surface area contributed by atoms with E-state index in [1.807, 2.05) is 45.0 Å². The van der Waals surface area contributed by atoms with Crippen LogP contribution in [0.3, 0.4) is 0 Å². The maximum atomic E-state index is 12.5. The number of nitrogens with two attached hydrogens (primary N) is 1. The number of carbonyl (C=O) groups is 1. The second-order valence-corrected chi connectivity index (χ2v) is 6.63. The van der Waals surface area contributed by atoms with Gasteiger partial charge in [-0.05, 0) is 38.5 Å². The van der Waals surface area contributed by atoms with E-state index in [0.717, 1.165) is 10.0 Å². The molecule has 0 spiro atoms. The number of hydrogen-bond donors (Lipinski definition) is 1. The minimum atomic E-state index is -0.895. The molecule has 1 fully saturated rings. The molecule has 1 heterocycles. The van der Waals surface area contributed by atoms with Crippen molar-refractivity contribution in [3.63, 3.8) is 0 Å². The summed E-state index contributed by atoms with van der Waals surface area (Å²) in [6, 6.07) is 7.51. The zero-order chi connectivity index (χ0) is 14.3. The van der Waals surface area contributed by atoms with E-state index < -0.39 is 17.2 Å². The Bertz CT molecular complexity index is 480. The predicted octanol–water partition coefficient (Wildman–Crippen LogP) is 2.34. The fourth-order valence-corrected chi connectivity index (χ4v) is 2.27. The first-order valence-corrected chi connectivity index (χ1v) is 6.92. The molecule has 5 heteroatoms. The topological polar surface area (TPSA) is 61.5 Å². The predicted molar refractivity (Wildman–Crippen MR) is 75.6 cm³/mol. The van der Waals surface area contributed by atoms with Crippen LogP contribution in [-0.2, 0) is 19.7 Å². The van der Waals surface area contributed by atoms with E-state index in [1.165, 1.54) is 0 Å². The van der Waals surface area contributed by atoms with E-state index in [4.69, 9.17) is 15.2 Å². The lowest BCUT2D eigenvalue weighted by molar-refractivity contribution is -0.197. The first-order chi connectivity index (χ1) is 8.75. The van der Waals surface area contributed by atoms with Crippen molar-refractivity contribution in [1.29, 1.82) is 0 Å². The Kier molecular flexibility index (Phi) is 3.73. The summed E-state index contributed by atoms with van der Waals surface area (Å²) < 4.78 is 11.7. The van der Waals surface area contributed by atoms with Crippen LogP contribution >= 0.6 is 15.9 Å². The minimum absolute atomic E-state index is 0.255. The molecule has 2 N–H and O–H groups in total. The molecule has 0 saturated carbocycles. The van der Waals surface area contributed by atoms with Crippen LogP contribution in [0.4, 0.5) is 0 Å². The van der Waals surface area contributed by atoms with Gasteiger partial charge in [-0.1, -0.05) is 28.1 Å². The number of ether oxygens (including phenoxy) is 2. The lowest BCUT2D eigenvalue weighted by Crippen LogP contribution is -2.65. The van der Waals surface area contributed by atoms with Crippen LogP contribution in [0.25, 0.3) is 0 Å². The van der Waals surface area contributed by atoms with Crippen LogP contribution in [0.15, 0.2) is 28.7 Å². The highest BCUT2D eigenvalue weighted by Gasteiger charge is 2.56. The first-order valence-electron chi connectivity index (χ1n) is 6.12. The summed E-state index contributed by atoms with van der Waals surface area (Å²) in [5, 5.41) is 0. The van der Waals surface area contributed by atoms with Gasteiger partial charge in [0.2, 0.25) is 0 Å². The van der Waals surface area contributed by atoms with Gasteiger partial charge < -0.3 is 15.2 Å². The van der Waals surface area contributed by atoms with Crippen molar-refractivity contribution >= 4 is 21.9 Å². The van der Waals surface area contributed by atoms with E-state index in [1.54, 1.807) is 0 Å². The summed E-state index contributed by atoms with van der Waals surface area (Å²) in [6.45, 7) is 5.77. The number of carbonyl (C=O) groups excluding carboxylic acids is 1. The molecule has 2 rings (SSSR count). The molecule has 0 aliphatic carbocycles. The minimum Gasteiger partial charge on any atom is -0.459 e. The number of benzene rings is 1. The Balaban J connectivity index is 2.34. The Morgan fingerprint density at radius 1 is 1.42 bits per heavy atom. The summed E-state index contributed by atoms with van der Waals surface area (Å²) >= 11 is 3.37. The maximum absolute atomic E-state index is 12.5. The van der Waals surface area contributed by atoms with Gasteiger partial charge in [-0.3, -0.25) is 4.79 Å². The Morgan fingerprint density at radius 3 is 2.37 bits per heavy atom. The van der Waals surface area contributed by atoms with Crippen molar-refractivity contribution in [2.75, 3.05) is 6.61 Å². The van der Waals surface area contributed by atoms with Crippen molar-refractivity contribution in [3.8, 4) is 0 Å². The van der Waals surface area contributed by atoms with Crippen molar-refractivity contribution in [2.24, 2.45) is 5.73 Å². The van der Waals surface area contributed by atoms with Gasteiger partial charge in [-0.25, -0.2) is 0 Å². The molecular formula is C14H18BrNO3. The molecule has 1 saturated heterocycles. The monoisotopic (exact) mass is 327 g/mol. The van der Waals surface area contributed by atoms with Crippen LogP contribution in [0.1, 0.15) is 26.3 Å². The molecule has 0 bridgehead atoms. The lowest BCUT2D eigenvalue weighted by atomic mass is 9.76. The van der Waals surface area contributed by atoms with Gasteiger partial charge in [0.05, 0.1) is 6.61 Å². The van der Waals surface area contributed by atoms with Gasteiger partial charge in [0, 0.05) is 4.47 Å². The zero-order valence-electron chi connectivity index (χ0n) is 11.3. The molecular weight excluding hydrogens is 310 g/mol. The highest BCUT2D eigenvalue weighted by Crippen LogP contribution is 2.38. The normalized spacial score (nSPS) is 26.7. The van der Waals surface area contributed by atoms with Crippen molar-refractivity contribution in [1.82, 2.24) is 0 Å². The van der Waals surface area contributed by atoms with E-state index in [9.17, 15) is 4.79 Å². The lowest BCUT2D eigenvalue weighted by Gasteiger charge is -2.46. The van der Waals surface area contributed by atoms with Crippen LogP contribution in [0.5, 0.6) is 0 Å². The molecule has 1 aliphatic heterocycles. The fourth-order valence-electron chi connectivity index (χ4n) is 2.00. The number of rotatable bonds is 2. The summed E-state index contributed by atoms with van der Waals surface area (Å²) in [5.41, 5.74) is 5.29. The number of halogens is 1. The molecule has 1 aliphatic rings. The van der Waals surface area contributed by atoms with E-state index in [-0.39, 0.29) is 12.6 Å². The largest absolute Gasteiger partial charge is 0.459 e. The number of esters is 1. The van der Waals surface area contributed by atoms with Gasteiger partial charge >= 0.3 is 5.97 Å². The van der Waals surface area contributed by atoms with Gasteiger partial charge in [0.25, 0.3) is 0 Å². The number of hydrogen-bond acceptors (Lipinski definition) is 4. The second kappa shape index (κ2) is 4.89. The average molecular weight is 328 g/mol. The van der Waals surface area contributed by atoms with Crippen molar-refractivity contribution in [2.45, 2.75) is 38.0 Å². The fraction of sp³-hybridized carbons (Fsp3) is 0.500. The molecule has 19 heavy (non-hydrogen) atoms. The Labute approximate surface area is 121 Å². The molecule has 2 atom stereocenters. The standard InChI is InChI=1S/C14H18BrNO3/c1-13(2,3)19-12(17)14(8-18-11(14)16)9-4-6-10(15)7-5-9/h4-7,11H,8,16H2,1-3H3. The summed E-state index contributed by atoms with van der Waals surface area (Å²) in [6.07, 6.45) is -0.663. The third-order valence-corrected chi connectivity index (χ3v) is 3.63. The molecule has 0 aromatic heterocycles. The SMILES string of the molecule is CC(C)(C)OC(=O)C1(c2ccc(Br)cc2)COC1N. The van der Waals surface area contributed by atoms with Crippen LogP contribution < -0.4 is 5.73 Å². The smallest absolute Gasteiger partial charge is 0.323 e. The van der Waals surface area contributed by atoms with Gasteiger partial charge in [-0.15, -0.1) is 0 Å². The van der Waals surface area contributed by atoms with Crippen LogP contribution in [0.2, 0.25) is 0 Å². The molecule has 0 amide bonds.